The van der Waals surface area contributed by atoms with Gasteiger partial charge in [0.2, 0.25) is 10.0 Å². The van der Waals surface area contributed by atoms with Crippen molar-refractivity contribution in [2.24, 2.45) is 0 Å². The molecule has 1 unspecified atom stereocenters. The van der Waals surface area contributed by atoms with Gasteiger partial charge in [-0.15, -0.1) is 11.3 Å². The molecule has 0 fully saturated rings. The molecule has 0 saturated heterocycles. The van der Waals surface area contributed by atoms with Crippen LogP contribution in [0, 0.1) is 0 Å². The summed E-state index contributed by atoms with van der Waals surface area (Å²) in [5.41, 5.74) is 0. The van der Waals surface area contributed by atoms with E-state index in [2.05, 4.69) is 4.72 Å². The Morgan fingerprint density at radius 3 is 2.71 bits per heavy atom. The molecule has 14 heavy (non-hydrogen) atoms. The molecule has 0 aliphatic heterocycles. The molecule has 1 atom stereocenters. The van der Waals surface area contributed by atoms with Gasteiger partial charge in [-0.1, -0.05) is 11.6 Å². The molecule has 0 amide bonds. The summed E-state index contributed by atoms with van der Waals surface area (Å²) >= 11 is 6.59. The van der Waals surface area contributed by atoms with Crippen molar-refractivity contribution in [3.63, 3.8) is 0 Å². The molecule has 0 aliphatic rings. The van der Waals surface area contributed by atoms with Gasteiger partial charge in [-0.05, 0) is 19.1 Å². The van der Waals surface area contributed by atoms with E-state index in [1.54, 1.807) is 0 Å². The number of aliphatic hydroxyl groups is 1. The summed E-state index contributed by atoms with van der Waals surface area (Å²) in [7, 11) is -3.51. The van der Waals surface area contributed by atoms with E-state index in [-0.39, 0.29) is 10.8 Å². The fourth-order valence-corrected chi connectivity index (χ4v) is 3.39. The monoisotopic (exact) mass is 255 g/mol. The highest BCUT2D eigenvalue weighted by atomic mass is 35.5. The minimum Gasteiger partial charge on any atom is -0.392 e. The molecule has 0 aromatic carbocycles. The van der Waals surface area contributed by atoms with Crippen LogP contribution in [-0.4, -0.2) is 26.2 Å². The van der Waals surface area contributed by atoms with Crippen molar-refractivity contribution in [2.75, 3.05) is 6.54 Å². The topological polar surface area (TPSA) is 66.4 Å². The highest BCUT2D eigenvalue weighted by Crippen LogP contribution is 2.25. The van der Waals surface area contributed by atoms with Crippen LogP contribution in [0.2, 0.25) is 4.34 Å². The molecule has 0 radical (unpaired) electrons. The third-order valence-corrected chi connectivity index (χ3v) is 4.53. The first-order valence-corrected chi connectivity index (χ1v) is 6.52. The molecule has 7 heteroatoms. The molecule has 0 bridgehead atoms. The second kappa shape index (κ2) is 4.59. The average Bonchev–Trinajstić information content (AvgIpc) is 2.49. The molecule has 2 N–H and O–H groups in total. The summed E-state index contributed by atoms with van der Waals surface area (Å²) in [6, 6.07) is 2.94. The van der Waals surface area contributed by atoms with Crippen molar-refractivity contribution < 1.29 is 13.5 Å². The zero-order valence-electron chi connectivity index (χ0n) is 7.40. The van der Waals surface area contributed by atoms with Crippen LogP contribution in [0.3, 0.4) is 0 Å². The highest BCUT2D eigenvalue weighted by Gasteiger charge is 2.16. The first-order valence-electron chi connectivity index (χ1n) is 3.85. The number of halogens is 1. The Hall–Kier alpha value is -0.140. The van der Waals surface area contributed by atoms with Gasteiger partial charge in [0.1, 0.15) is 4.21 Å². The van der Waals surface area contributed by atoms with Crippen LogP contribution in [0.5, 0.6) is 0 Å². The number of hydrogen-bond acceptors (Lipinski definition) is 4. The lowest BCUT2D eigenvalue weighted by Gasteiger charge is -2.05. The third kappa shape index (κ3) is 3.21. The summed E-state index contributed by atoms with van der Waals surface area (Å²) in [4.78, 5) is 0. The fraction of sp³-hybridized carbons (Fsp3) is 0.429. The summed E-state index contributed by atoms with van der Waals surface area (Å²) in [5, 5.41) is 8.92. The van der Waals surface area contributed by atoms with E-state index in [1.165, 1.54) is 19.1 Å². The Balaban J connectivity index is 2.76. The summed E-state index contributed by atoms with van der Waals surface area (Å²) in [5.74, 6) is 0. The Bertz CT molecular complexity index is 399. The molecular weight excluding hydrogens is 246 g/mol. The molecule has 80 valence electrons. The number of thiophene rings is 1. The summed E-state index contributed by atoms with van der Waals surface area (Å²) in [6.07, 6.45) is -0.708. The lowest BCUT2D eigenvalue weighted by molar-refractivity contribution is 0.198. The second-order valence-electron chi connectivity index (χ2n) is 2.76. The van der Waals surface area contributed by atoms with Gasteiger partial charge >= 0.3 is 0 Å². The largest absolute Gasteiger partial charge is 0.392 e. The quantitative estimate of drug-likeness (QED) is 0.846. The van der Waals surface area contributed by atoms with Crippen LogP contribution in [0.4, 0.5) is 0 Å². The van der Waals surface area contributed by atoms with E-state index in [9.17, 15) is 8.42 Å². The minimum atomic E-state index is -3.51. The predicted octanol–water partition coefficient (Wildman–Crippen LogP) is 1.06. The molecule has 1 heterocycles. The Morgan fingerprint density at radius 1 is 1.64 bits per heavy atom. The number of rotatable bonds is 4. The first-order chi connectivity index (χ1) is 6.42. The van der Waals surface area contributed by atoms with E-state index in [1.807, 2.05) is 0 Å². The molecule has 0 saturated carbocycles. The van der Waals surface area contributed by atoms with Crippen molar-refractivity contribution in [2.45, 2.75) is 17.2 Å². The molecular formula is C7H10ClNO3S2. The van der Waals surface area contributed by atoms with Gasteiger partial charge < -0.3 is 5.11 Å². The van der Waals surface area contributed by atoms with E-state index in [4.69, 9.17) is 16.7 Å². The smallest absolute Gasteiger partial charge is 0.250 e. The molecule has 1 rings (SSSR count). The molecule has 0 aliphatic carbocycles. The minimum absolute atomic E-state index is 0.00213. The maximum atomic E-state index is 11.5. The second-order valence-corrected chi connectivity index (χ2v) is 6.47. The Kier molecular flexibility index (Phi) is 3.91. The Morgan fingerprint density at radius 2 is 2.29 bits per heavy atom. The lowest BCUT2D eigenvalue weighted by Crippen LogP contribution is -2.30. The van der Waals surface area contributed by atoms with E-state index in [0.29, 0.717) is 4.34 Å². The van der Waals surface area contributed by atoms with Crippen molar-refractivity contribution in [3.05, 3.63) is 16.5 Å². The standard InChI is InChI=1S/C7H10ClNO3S2/c1-5(10)4-9-14(11,12)7-3-2-6(8)13-7/h2-3,5,9-10H,4H2,1H3. The molecule has 1 aromatic heterocycles. The predicted molar refractivity (Wildman–Crippen MR) is 56.2 cm³/mol. The molecule has 4 nitrogen and oxygen atoms in total. The van der Waals surface area contributed by atoms with Crippen molar-refractivity contribution >= 4 is 33.0 Å². The van der Waals surface area contributed by atoms with Crippen molar-refractivity contribution in [3.8, 4) is 0 Å². The zero-order valence-corrected chi connectivity index (χ0v) is 9.79. The summed E-state index contributed by atoms with van der Waals surface area (Å²) < 4.78 is 25.8. The van der Waals surface area contributed by atoms with Crippen molar-refractivity contribution in [1.29, 1.82) is 0 Å². The van der Waals surface area contributed by atoms with E-state index < -0.39 is 16.1 Å². The van der Waals surface area contributed by atoms with Gasteiger partial charge in [-0.25, -0.2) is 13.1 Å². The van der Waals surface area contributed by atoms with Gasteiger partial charge in [0, 0.05) is 6.54 Å². The van der Waals surface area contributed by atoms with Crippen LogP contribution in [-0.2, 0) is 10.0 Å². The maximum absolute atomic E-state index is 11.5. The van der Waals surface area contributed by atoms with Crippen LogP contribution in [0.15, 0.2) is 16.3 Å². The highest BCUT2D eigenvalue weighted by molar-refractivity contribution is 7.91. The van der Waals surface area contributed by atoms with Crippen molar-refractivity contribution in [1.82, 2.24) is 4.72 Å². The maximum Gasteiger partial charge on any atom is 0.250 e. The SMILES string of the molecule is CC(O)CNS(=O)(=O)c1ccc(Cl)s1. The number of nitrogens with one attached hydrogen (secondary N) is 1. The molecule has 1 aromatic rings. The third-order valence-electron chi connectivity index (χ3n) is 1.38. The van der Waals surface area contributed by atoms with Gasteiger partial charge in [-0.3, -0.25) is 0 Å². The van der Waals surface area contributed by atoms with Gasteiger partial charge in [0.25, 0.3) is 0 Å². The lowest BCUT2D eigenvalue weighted by atomic mass is 10.4. The van der Waals surface area contributed by atoms with Gasteiger partial charge in [0.05, 0.1) is 10.4 Å². The number of aliphatic hydroxyl groups excluding tert-OH is 1. The fourth-order valence-electron chi connectivity index (χ4n) is 0.744. The van der Waals surface area contributed by atoms with Gasteiger partial charge in [0.15, 0.2) is 0 Å². The molecule has 0 spiro atoms. The Labute approximate surface area is 91.6 Å². The van der Waals surface area contributed by atoms with E-state index >= 15 is 0 Å². The summed E-state index contributed by atoms with van der Waals surface area (Å²) in [6.45, 7) is 1.50. The first kappa shape index (κ1) is 11.9. The van der Waals surface area contributed by atoms with Gasteiger partial charge in [-0.2, -0.15) is 0 Å². The van der Waals surface area contributed by atoms with Crippen LogP contribution in [0.25, 0.3) is 0 Å². The number of hydrogen-bond donors (Lipinski definition) is 2. The van der Waals surface area contributed by atoms with Crippen LogP contribution < -0.4 is 4.72 Å². The van der Waals surface area contributed by atoms with Crippen LogP contribution >= 0.6 is 22.9 Å². The van der Waals surface area contributed by atoms with E-state index in [0.717, 1.165) is 11.3 Å². The van der Waals surface area contributed by atoms with Crippen LogP contribution in [0.1, 0.15) is 6.92 Å². The zero-order chi connectivity index (χ0) is 10.8. The number of sulfonamides is 1. The normalized spacial score (nSPS) is 14.2. The average molecular weight is 256 g/mol.